The van der Waals surface area contributed by atoms with Gasteiger partial charge < -0.3 is 19.2 Å². The number of fused-ring (bicyclic) bond motifs is 1. The minimum Gasteiger partial charge on any atom is -0.492 e. The molecule has 0 radical (unpaired) electrons. The molecule has 0 bridgehead atoms. The molecule has 0 aliphatic carbocycles. The first-order chi connectivity index (χ1) is 15.4. The van der Waals surface area contributed by atoms with Crippen molar-refractivity contribution in [2.45, 2.75) is 42.8 Å². The molecule has 1 aliphatic heterocycles. The van der Waals surface area contributed by atoms with Crippen LogP contribution in [-0.4, -0.2) is 50.5 Å². The first-order valence-electron chi connectivity index (χ1n) is 10.3. The lowest BCUT2D eigenvalue weighted by molar-refractivity contribution is -0.130. The summed E-state index contributed by atoms with van der Waals surface area (Å²) in [5.74, 6) is 0.118. The number of nitrogens with one attached hydrogen (secondary N) is 2. The molecule has 1 saturated heterocycles. The summed E-state index contributed by atoms with van der Waals surface area (Å²) < 4.78 is 21.1. The molecule has 1 amide bonds. The van der Waals surface area contributed by atoms with E-state index in [1.807, 2.05) is 9.47 Å². The third kappa shape index (κ3) is 4.75. The zero-order chi connectivity index (χ0) is 22.8. The first kappa shape index (κ1) is 22.6. The van der Waals surface area contributed by atoms with Crippen molar-refractivity contribution in [2.75, 3.05) is 20.2 Å². The second-order valence-electron chi connectivity index (χ2n) is 7.79. The maximum atomic E-state index is 14.2. The number of carbonyl (C=O) groups is 1. The van der Waals surface area contributed by atoms with Gasteiger partial charge in [0.25, 0.3) is 0 Å². The summed E-state index contributed by atoms with van der Waals surface area (Å²) in [4.78, 5) is 25.9. The molecule has 0 atom stereocenters. The van der Waals surface area contributed by atoms with Crippen LogP contribution in [0, 0.1) is 17.1 Å². The van der Waals surface area contributed by atoms with E-state index in [0.29, 0.717) is 33.7 Å². The van der Waals surface area contributed by atoms with Crippen LogP contribution in [-0.2, 0) is 11.3 Å². The van der Waals surface area contributed by atoms with Gasteiger partial charge in [0.15, 0.2) is 27.9 Å². The number of likely N-dealkylation sites (tertiary alicyclic amines) is 1. The molecule has 0 spiro atoms. The van der Waals surface area contributed by atoms with Gasteiger partial charge in [0.2, 0.25) is 5.91 Å². The fourth-order valence-electron chi connectivity index (χ4n) is 3.93. The Morgan fingerprint density at radius 3 is 2.81 bits per heavy atom. The summed E-state index contributed by atoms with van der Waals surface area (Å²) in [5.41, 5.74) is 1.26. The van der Waals surface area contributed by atoms with E-state index >= 15 is 0 Å². The number of carbonyl (C=O) groups excluding carboxylic acids is 1. The molecule has 32 heavy (non-hydrogen) atoms. The molecule has 2 N–H and O–H groups in total. The topological polar surface area (TPSA) is 99.9 Å². The number of methoxy groups -OCH3 is 1. The molecule has 8 nitrogen and oxygen atoms in total. The molecule has 3 aromatic rings. The van der Waals surface area contributed by atoms with Crippen LogP contribution in [0.25, 0.3) is 11.2 Å². The SMILES string of the molecule is COc1c(F)cc(Sc2nc3c([nH]2)c(=N)ncn3CCC2CCN(C(C)=O)CC2)cc1Cl. The van der Waals surface area contributed by atoms with Crippen molar-refractivity contribution >= 4 is 40.4 Å². The molecule has 0 saturated carbocycles. The number of aryl methyl sites for hydroxylation is 1. The Kier molecular flexibility index (Phi) is 6.71. The zero-order valence-electron chi connectivity index (χ0n) is 17.8. The molecule has 2 aromatic heterocycles. The highest BCUT2D eigenvalue weighted by molar-refractivity contribution is 7.99. The number of imidazole rings is 1. The van der Waals surface area contributed by atoms with Crippen molar-refractivity contribution in [3.63, 3.8) is 0 Å². The van der Waals surface area contributed by atoms with Crippen LogP contribution in [0.4, 0.5) is 4.39 Å². The van der Waals surface area contributed by atoms with E-state index in [4.69, 9.17) is 21.7 Å². The monoisotopic (exact) mass is 478 g/mol. The summed E-state index contributed by atoms with van der Waals surface area (Å²) in [6.07, 6.45) is 4.55. The lowest BCUT2D eigenvalue weighted by Crippen LogP contribution is -2.37. The van der Waals surface area contributed by atoms with Gasteiger partial charge in [-0.3, -0.25) is 10.2 Å². The Morgan fingerprint density at radius 2 is 2.16 bits per heavy atom. The zero-order valence-corrected chi connectivity index (χ0v) is 19.4. The van der Waals surface area contributed by atoms with E-state index < -0.39 is 5.82 Å². The molecule has 0 unspecified atom stereocenters. The number of hydrogen-bond acceptors (Lipinski definition) is 6. The van der Waals surface area contributed by atoms with Crippen LogP contribution in [0.3, 0.4) is 0 Å². The standard InChI is InChI=1S/C21H24ClFN6O2S/c1-12(30)28-6-3-13(4-7-28)5-8-29-11-25-19(24)17-20(29)27-21(26-17)32-14-9-15(22)18(31-2)16(23)10-14/h9-11,13,24H,3-8H2,1-2H3,(H,26,27). The number of ether oxygens (including phenoxy) is 1. The van der Waals surface area contributed by atoms with Crippen molar-refractivity contribution in [1.82, 2.24) is 24.4 Å². The predicted octanol–water partition coefficient (Wildman–Crippen LogP) is 3.84. The summed E-state index contributed by atoms with van der Waals surface area (Å²) in [5, 5.41) is 8.82. The Hall–Kier alpha value is -2.59. The van der Waals surface area contributed by atoms with Gasteiger partial charge in [-0.05, 0) is 37.3 Å². The van der Waals surface area contributed by atoms with E-state index in [2.05, 4.69) is 15.0 Å². The van der Waals surface area contributed by atoms with E-state index in [1.165, 1.54) is 24.9 Å². The Morgan fingerprint density at radius 1 is 1.41 bits per heavy atom. The van der Waals surface area contributed by atoms with Crippen molar-refractivity contribution in [3.05, 3.63) is 34.8 Å². The van der Waals surface area contributed by atoms with Crippen molar-refractivity contribution < 1.29 is 13.9 Å². The molecule has 170 valence electrons. The maximum Gasteiger partial charge on any atom is 0.219 e. The van der Waals surface area contributed by atoms with Gasteiger partial charge in [0.05, 0.1) is 18.5 Å². The molecule has 11 heteroatoms. The summed E-state index contributed by atoms with van der Waals surface area (Å²) in [6.45, 7) is 3.93. The Balaban J connectivity index is 1.51. The lowest BCUT2D eigenvalue weighted by Gasteiger charge is -2.31. The van der Waals surface area contributed by atoms with E-state index in [9.17, 15) is 9.18 Å². The number of H-pyrrole nitrogens is 1. The highest BCUT2D eigenvalue weighted by Gasteiger charge is 2.21. The molecule has 1 aliphatic rings. The fraction of sp³-hybridized carbons (Fsp3) is 0.429. The predicted molar refractivity (Wildman–Crippen MR) is 119 cm³/mol. The smallest absolute Gasteiger partial charge is 0.219 e. The van der Waals surface area contributed by atoms with Crippen molar-refractivity contribution in [3.8, 4) is 5.75 Å². The third-order valence-electron chi connectivity index (χ3n) is 5.73. The van der Waals surface area contributed by atoms with Crippen molar-refractivity contribution in [1.29, 1.82) is 5.41 Å². The molecule has 4 rings (SSSR count). The van der Waals surface area contributed by atoms with Crippen molar-refractivity contribution in [2.24, 2.45) is 5.92 Å². The van der Waals surface area contributed by atoms with Gasteiger partial charge in [-0.25, -0.2) is 14.4 Å². The highest BCUT2D eigenvalue weighted by Crippen LogP contribution is 2.35. The maximum absolute atomic E-state index is 14.2. The minimum absolute atomic E-state index is 0.00486. The van der Waals surface area contributed by atoms with E-state index in [-0.39, 0.29) is 22.2 Å². The van der Waals surface area contributed by atoms with Gasteiger partial charge in [0, 0.05) is 31.5 Å². The normalized spacial score (nSPS) is 14.8. The molecule has 1 aromatic carbocycles. The third-order valence-corrected chi connectivity index (χ3v) is 6.87. The van der Waals surface area contributed by atoms with Crippen LogP contribution in [0.1, 0.15) is 26.2 Å². The number of halogens is 2. The first-order valence-corrected chi connectivity index (χ1v) is 11.5. The highest BCUT2D eigenvalue weighted by atomic mass is 35.5. The lowest BCUT2D eigenvalue weighted by atomic mass is 9.93. The van der Waals surface area contributed by atoms with Crippen LogP contribution in [0.2, 0.25) is 5.02 Å². The Labute approximate surface area is 193 Å². The van der Waals surface area contributed by atoms with E-state index in [1.54, 1.807) is 19.3 Å². The van der Waals surface area contributed by atoms with Gasteiger partial charge in [0.1, 0.15) is 5.52 Å². The van der Waals surface area contributed by atoms with Crippen LogP contribution in [0.15, 0.2) is 28.5 Å². The molecular formula is C21H24ClFN6O2S. The summed E-state index contributed by atoms with van der Waals surface area (Å²) >= 11 is 7.32. The van der Waals surface area contributed by atoms with Gasteiger partial charge in [-0.2, -0.15) is 0 Å². The average Bonchev–Trinajstić information content (AvgIpc) is 3.18. The molecule has 3 heterocycles. The number of aromatic nitrogens is 4. The number of benzene rings is 1. The number of hydrogen-bond donors (Lipinski definition) is 2. The van der Waals surface area contributed by atoms with Gasteiger partial charge in [-0.1, -0.05) is 23.4 Å². The number of aromatic amines is 1. The van der Waals surface area contributed by atoms with Crippen LogP contribution < -0.4 is 10.2 Å². The number of nitrogens with zero attached hydrogens (tertiary/aromatic N) is 4. The quantitative estimate of drug-likeness (QED) is 0.560. The van der Waals surface area contributed by atoms with Gasteiger partial charge >= 0.3 is 0 Å². The van der Waals surface area contributed by atoms with Crippen LogP contribution >= 0.6 is 23.4 Å². The fourth-order valence-corrected chi connectivity index (χ4v) is 5.13. The largest absolute Gasteiger partial charge is 0.492 e. The second kappa shape index (κ2) is 9.50. The van der Waals surface area contributed by atoms with Gasteiger partial charge in [-0.15, -0.1) is 0 Å². The number of amides is 1. The second-order valence-corrected chi connectivity index (χ2v) is 9.26. The van der Waals surface area contributed by atoms with Crippen LogP contribution in [0.5, 0.6) is 5.75 Å². The molecular weight excluding hydrogens is 455 g/mol. The minimum atomic E-state index is -0.549. The average molecular weight is 479 g/mol. The molecule has 1 fully saturated rings. The van der Waals surface area contributed by atoms with E-state index in [0.717, 1.165) is 32.4 Å². The summed E-state index contributed by atoms with van der Waals surface area (Å²) in [7, 11) is 1.37. The number of rotatable bonds is 6. The Bertz CT molecular complexity index is 1180. The summed E-state index contributed by atoms with van der Waals surface area (Å²) in [6, 6.07) is 2.95. The number of piperidine rings is 1.